The summed E-state index contributed by atoms with van der Waals surface area (Å²) in [6.45, 7) is 1.11. The summed E-state index contributed by atoms with van der Waals surface area (Å²) in [4.78, 5) is 14.2. The molecule has 20 heavy (non-hydrogen) atoms. The van der Waals surface area contributed by atoms with Crippen LogP contribution in [0.25, 0.3) is 0 Å². The highest BCUT2D eigenvalue weighted by molar-refractivity contribution is 7.92. The van der Waals surface area contributed by atoms with Crippen LogP contribution in [0.1, 0.15) is 44.9 Å². The number of hydrogen-bond donors (Lipinski definition) is 1. The van der Waals surface area contributed by atoms with Crippen molar-refractivity contribution < 1.29 is 13.2 Å². The maximum absolute atomic E-state index is 12.3. The Hall–Kier alpha value is -0.780. The SMILES string of the molecule is O=C(NC[C@H]1CCCS1(=O)=O)N1CCC[C@@H]1C1CCC1. The topological polar surface area (TPSA) is 66.5 Å². The van der Waals surface area contributed by atoms with E-state index >= 15 is 0 Å². The Labute approximate surface area is 121 Å². The lowest BCUT2D eigenvalue weighted by molar-refractivity contribution is 0.139. The van der Waals surface area contributed by atoms with E-state index in [4.69, 9.17) is 0 Å². The van der Waals surface area contributed by atoms with Crippen molar-refractivity contribution in [2.24, 2.45) is 5.92 Å². The first-order valence-electron chi connectivity index (χ1n) is 7.84. The van der Waals surface area contributed by atoms with Gasteiger partial charge >= 0.3 is 6.03 Å². The summed E-state index contributed by atoms with van der Waals surface area (Å²) in [7, 11) is -2.96. The van der Waals surface area contributed by atoms with E-state index in [-0.39, 0.29) is 23.6 Å². The Balaban J connectivity index is 1.53. The average molecular weight is 300 g/mol. The van der Waals surface area contributed by atoms with E-state index in [1.165, 1.54) is 19.3 Å². The van der Waals surface area contributed by atoms with Crippen molar-refractivity contribution in [2.75, 3.05) is 18.8 Å². The van der Waals surface area contributed by atoms with Gasteiger partial charge in [0, 0.05) is 19.1 Å². The third kappa shape index (κ3) is 2.67. The number of carbonyl (C=O) groups is 1. The van der Waals surface area contributed by atoms with Gasteiger partial charge in [0.1, 0.15) is 0 Å². The third-order valence-electron chi connectivity index (χ3n) is 5.20. The van der Waals surface area contributed by atoms with E-state index in [0.29, 0.717) is 18.4 Å². The first-order chi connectivity index (χ1) is 9.58. The summed E-state index contributed by atoms with van der Waals surface area (Å²) in [6.07, 6.45) is 7.38. The van der Waals surface area contributed by atoms with Crippen LogP contribution in [0.2, 0.25) is 0 Å². The van der Waals surface area contributed by atoms with Crippen molar-refractivity contribution in [1.82, 2.24) is 10.2 Å². The van der Waals surface area contributed by atoms with Crippen molar-refractivity contribution in [3.63, 3.8) is 0 Å². The van der Waals surface area contributed by atoms with Gasteiger partial charge in [0.2, 0.25) is 0 Å². The standard InChI is InChI=1S/C14H24N2O3S/c17-14(15-10-12-6-3-9-20(12,18)19)16-8-2-7-13(16)11-4-1-5-11/h11-13H,1-10H2,(H,15,17)/t12-,13-/m1/s1. The molecular formula is C14H24N2O3S. The number of urea groups is 1. The highest BCUT2D eigenvalue weighted by Gasteiger charge is 2.38. The second-order valence-corrected chi connectivity index (χ2v) is 8.81. The summed E-state index contributed by atoms with van der Waals surface area (Å²) in [5.74, 6) is 0.959. The van der Waals surface area contributed by atoms with Crippen LogP contribution < -0.4 is 5.32 Å². The van der Waals surface area contributed by atoms with Crippen LogP contribution in [-0.4, -0.2) is 49.5 Å². The van der Waals surface area contributed by atoms with Gasteiger partial charge in [-0.05, 0) is 44.4 Å². The van der Waals surface area contributed by atoms with E-state index in [0.717, 1.165) is 25.8 Å². The first-order valence-corrected chi connectivity index (χ1v) is 9.55. The molecule has 0 aromatic heterocycles. The quantitative estimate of drug-likeness (QED) is 0.859. The van der Waals surface area contributed by atoms with Gasteiger partial charge in [-0.25, -0.2) is 13.2 Å². The minimum atomic E-state index is -2.96. The number of likely N-dealkylation sites (tertiary alicyclic amines) is 1. The molecule has 0 aromatic carbocycles. The van der Waals surface area contributed by atoms with Gasteiger partial charge in [0.25, 0.3) is 0 Å². The number of nitrogens with zero attached hydrogens (tertiary/aromatic N) is 1. The highest BCUT2D eigenvalue weighted by Crippen LogP contribution is 2.37. The van der Waals surface area contributed by atoms with Crippen molar-refractivity contribution in [3.05, 3.63) is 0 Å². The molecule has 2 amide bonds. The van der Waals surface area contributed by atoms with Gasteiger partial charge in [-0.3, -0.25) is 0 Å². The number of rotatable bonds is 3. The number of nitrogens with one attached hydrogen (secondary N) is 1. The van der Waals surface area contributed by atoms with Gasteiger partial charge in [0.15, 0.2) is 9.84 Å². The van der Waals surface area contributed by atoms with Gasteiger partial charge in [-0.15, -0.1) is 0 Å². The van der Waals surface area contributed by atoms with Crippen molar-refractivity contribution in [1.29, 1.82) is 0 Å². The van der Waals surface area contributed by atoms with Gasteiger partial charge in [-0.2, -0.15) is 0 Å². The fourth-order valence-corrected chi connectivity index (χ4v) is 5.51. The number of carbonyl (C=O) groups excluding carboxylic acids is 1. The highest BCUT2D eigenvalue weighted by atomic mass is 32.2. The Bertz CT molecular complexity index is 473. The zero-order chi connectivity index (χ0) is 14.2. The lowest BCUT2D eigenvalue weighted by atomic mass is 9.79. The minimum Gasteiger partial charge on any atom is -0.337 e. The van der Waals surface area contributed by atoms with Gasteiger partial charge < -0.3 is 10.2 Å². The molecule has 2 aliphatic heterocycles. The molecule has 2 atom stereocenters. The molecule has 6 heteroatoms. The third-order valence-corrected chi connectivity index (χ3v) is 7.47. The number of hydrogen-bond acceptors (Lipinski definition) is 3. The molecule has 0 aromatic rings. The molecule has 3 fully saturated rings. The monoisotopic (exact) mass is 300 g/mol. The Morgan fingerprint density at radius 2 is 1.90 bits per heavy atom. The van der Waals surface area contributed by atoms with Crippen LogP contribution in [0, 0.1) is 5.92 Å². The van der Waals surface area contributed by atoms with Crippen LogP contribution in [0.4, 0.5) is 4.79 Å². The van der Waals surface area contributed by atoms with E-state index in [9.17, 15) is 13.2 Å². The zero-order valence-electron chi connectivity index (χ0n) is 11.9. The lowest BCUT2D eigenvalue weighted by Gasteiger charge is -2.37. The summed E-state index contributed by atoms with van der Waals surface area (Å²) < 4.78 is 23.5. The largest absolute Gasteiger partial charge is 0.337 e. The fourth-order valence-electron chi connectivity index (χ4n) is 3.75. The second kappa shape index (κ2) is 5.54. The van der Waals surface area contributed by atoms with E-state index in [2.05, 4.69) is 5.32 Å². The molecule has 2 heterocycles. The van der Waals surface area contributed by atoms with Crippen LogP contribution in [-0.2, 0) is 9.84 Å². The lowest BCUT2D eigenvalue weighted by Crippen LogP contribution is -2.48. The predicted octanol–water partition coefficient (Wildman–Crippen LogP) is 1.54. The summed E-state index contributed by atoms with van der Waals surface area (Å²) in [5, 5.41) is 2.50. The Morgan fingerprint density at radius 1 is 1.10 bits per heavy atom. The molecule has 1 aliphatic carbocycles. The zero-order valence-corrected chi connectivity index (χ0v) is 12.7. The molecule has 0 radical (unpaired) electrons. The Morgan fingerprint density at radius 3 is 2.50 bits per heavy atom. The van der Waals surface area contributed by atoms with Crippen molar-refractivity contribution in [2.45, 2.75) is 56.2 Å². The van der Waals surface area contributed by atoms with E-state index < -0.39 is 9.84 Å². The summed E-state index contributed by atoms with van der Waals surface area (Å²) in [5.41, 5.74) is 0. The summed E-state index contributed by atoms with van der Waals surface area (Å²) >= 11 is 0. The van der Waals surface area contributed by atoms with Crippen LogP contribution in [0.5, 0.6) is 0 Å². The van der Waals surface area contributed by atoms with Crippen molar-refractivity contribution in [3.8, 4) is 0 Å². The van der Waals surface area contributed by atoms with Crippen LogP contribution in [0.3, 0.4) is 0 Å². The van der Waals surface area contributed by atoms with Crippen LogP contribution in [0.15, 0.2) is 0 Å². The molecule has 3 aliphatic rings. The maximum atomic E-state index is 12.3. The molecule has 2 saturated heterocycles. The molecule has 0 bridgehead atoms. The average Bonchev–Trinajstić information content (AvgIpc) is 2.91. The smallest absolute Gasteiger partial charge is 0.317 e. The molecule has 0 spiro atoms. The predicted molar refractivity (Wildman–Crippen MR) is 77.3 cm³/mol. The maximum Gasteiger partial charge on any atom is 0.317 e. The minimum absolute atomic E-state index is 0.0542. The molecule has 1 saturated carbocycles. The van der Waals surface area contributed by atoms with Gasteiger partial charge in [0.05, 0.1) is 11.0 Å². The van der Waals surface area contributed by atoms with Crippen LogP contribution >= 0.6 is 0 Å². The molecule has 3 rings (SSSR count). The van der Waals surface area contributed by atoms with E-state index in [1.807, 2.05) is 4.90 Å². The van der Waals surface area contributed by atoms with Crippen molar-refractivity contribution >= 4 is 15.9 Å². The first kappa shape index (κ1) is 14.2. The number of sulfone groups is 1. The molecule has 114 valence electrons. The van der Waals surface area contributed by atoms with Gasteiger partial charge in [-0.1, -0.05) is 6.42 Å². The second-order valence-electron chi connectivity index (χ2n) is 6.41. The number of amides is 2. The normalized spacial score (nSPS) is 33.1. The molecule has 0 unspecified atom stereocenters. The van der Waals surface area contributed by atoms with E-state index in [1.54, 1.807) is 0 Å². The fraction of sp³-hybridized carbons (Fsp3) is 0.929. The molecular weight excluding hydrogens is 276 g/mol. The molecule has 1 N–H and O–H groups in total. The molecule has 5 nitrogen and oxygen atoms in total. The Kier molecular flexibility index (Phi) is 3.93. The summed E-state index contributed by atoms with van der Waals surface area (Å²) in [6, 6.07) is 0.338.